The molecule has 4 heteroatoms. The van der Waals surface area contributed by atoms with Gasteiger partial charge >= 0.3 is 0 Å². The minimum absolute atomic E-state index is 0.455. The Morgan fingerprint density at radius 2 is 2.43 bits per heavy atom. The van der Waals surface area contributed by atoms with Crippen molar-refractivity contribution in [2.24, 2.45) is 18.7 Å². The summed E-state index contributed by atoms with van der Waals surface area (Å²) in [5.74, 6) is 1.79. The van der Waals surface area contributed by atoms with Crippen LogP contribution in [0.1, 0.15) is 12.8 Å². The van der Waals surface area contributed by atoms with Crippen LogP contribution in [0, 0.1) is 5.92 Å². The van der Waals surface area contributed by atoms with Crippen LogP contribution in [-0.4, -0.2) is 29.2 Å². The zero-order valence-corrected chi connectivity index (χ0v) is 8.85. The predicted molar refractivity (Wildman–Crippen MR) is 57.2 cm³/mol. The minimum Gasteiger partial charge on any atom is -0.341 e. The molecule has 1 aliphatic rings. The molecule has 1 aromatic rings. The molecule has 0 spiro atoms. The smallest absolute Gasteiger partial charge is 0.205 e. The fraction of sp³-hybridized carbons (Fsp3) is 0.700. The lowest BCUT2D eigenvalue weighted by molar-refractivity contribution is 0.555. The van der Waals surface area contributed by atoms with Crippen molar-refractivity contribution in [1.82, 2.24) is 9.55 Å². The molecule has 0 saturated heterocycles. The monoisotopic (exact) mass is 194 g/mol. The van der Waals surface area contributed by atoms with Crippen LogP contribution < -0.4 is 10.6 Å². The van der Waals surface area contributed by atoms with E-state index in [4.69, 9.17) is 5.73 Å². The lowest BCUT2D eigenvalue weighted by Crippen LogP contribution is -2.40. The van der Waals surface area contributed by atoms with Crippen LogP contribution in [0.15, 0.2) is 12.4 Å². The van der Waals surface area contributed by atoms with E-state index >= 15 is 0 Å². The molecule has 1 heterocycles. The number of likely N-dealkylation sites (N-methyl/N-ethyl adjacent to an activating group) is 1. The van der Waals surface area contributed by atoms with E-state index in [0.29, 0.717) is 12.6 Å². The fourth-order valence-electron chi connectivity index (χ4n) is 1.99. The van der Waals surface area contributed by atoms with Crippen molar-refractivity contribution < 1.29 is 0 Å². The molecule has 1 aromatic heterocycles. The molecule has 0 aromatic carbocycles. The Labute approximate surface area is 84.7 Å². The van der Waals surface area contributed by atoms with Gasteiger partial charge < -0.3 is 15.2 Å². The lowest BCUT2D eigenvalue weighted by atomic mass is 10.1. The molecular weight excluding hydrogens is 176 g/mol. The van der Waals surface area contributed by atoms with E-state index in [1.54, 1.807) is 0 Å². The van der Waals surface area contributed by atoms with E-state index in [1.165, 1.54) is 12.8 Å². The molecule has 0 radical (unpaired) electrons. The summed E-state index contributed by atoms with van der Waals surface area (Å²) in [5, 5.41) is 0. The third-order valence-corrected chi connectivity index (χ3v) is 3.02. The number of anilines is 1. The van der Waals surface area contributed by atoms with Gasteiger partial charge in [-0.2, -0.15) is 0 Å². The van der Waals surface area contributed by atoms with Crippen LogP contribution >= 0.6 is 0 Å². The third kappa shape index (κ3) is 1.62. The topological polar surface area (TPSA) is 47.1 Å². The van der Waals surface area contributed by atoms with Crippen LogP contribution in [0.5, 0.6) is 0 Å². The Kier molecular flexibility index (Phi) is 2.46. The number of nitrogens with two attached hydrogens (primary N) is 1. The Morgan fingerprint density at radius 1 is 1.71 bits per heavy atom. The number of hydrogen-bond acceptors (Lipinski definition) is 3. The standard InChI is InChI=1S/C10H18N4/c1-13-6-5-12-10(13)14(2)9(7-11)8-3-4-8/h5-6,8-9H,3-4,7,11H2,1-2H3. The Balaban J connectivity index is 2.13. The van der Waals surface area contributed by atoms with Crippen LogP contribution in [0.25, 0.3) is 0 Å². The lowest BCUT2D eigenvalue weighted by Gasteiger charge is -2.27. The summed E-state index contributed by atoms with van der Waals surface area (Å²) in [7, 11) is 4.09. The highest BCUT2D eigenvalue weighted by molar-refractivity contribution is 5.32. The van der Waals surface area contributed by atoms with E-state index in [1.807, 2.05) is 24.0 Å². The van der Waals surface area contributed by atoms with Crippen molar-refractivity contribution in [1.29, 1.82) is 0 Å². The van der Waals surface area contributed by atoms with Gasteiger partial charge in [-0.05, 0) is 18.8 Å². The molecule has 78 valence electrons. The van der Waals surface area contributed by atoms with Gasteiger partial charge in [-0.3, -0.25) is 0 Å². The van der Waals surface area contributed by atoms with Gasteiger partial charge in [-0.15, -0.1) is 0 Å². The first-order chi connectivity index (χ1) is 6.74. The number of imidazole rings is 1. The number of nitrogens with zero attached hydrogens (tertiary/aromatic N) is 3. The number of aryl methyl sites for hydroxylation is 1. The zero-order chi connectivity index (χ0) is 10.1. The molecule has 4 nitrogen and oxygen atoms in total. The molecule has 2 rings (SSSR count). The molecule has 2 N–H and O–H groups in total. The van der Waals surface area contributed by atoms with Gasteiger partial charge in [0.25, 0.3) is 0 Å². The summed E-state index contributed by atoms with van der Waals surface area (Å²) in [5.41, 5.74) is 5.79. The summed E-state index contributed by atoms with van der Waals surface area (Å²) in [6.07, 6.45) is 6.42. The van der Waals surface area contributed by atoms with Gasteiger partial charge in [0.15, 0.2) is 0 Å². The van der Waals surface area contributed by atoms with Crippen molar-refractivity contribution >= 4 is 5.95 Å². The molecular formula is C10H18N4. The first-order valence-corrected chi connectivity index (χ1v) is 5.14. The Morgan fingerprint density at radius 3 is 2.86 bits per heavy atom. The maximum atomic E-state index is 5.79. The maximum absolute atomic E-state index is 5.79. The second kappa shape index (κ2) is 3.61. The molecule has 1 fully saturated rings. The second-order valence-electron chi connectivity index (χ2n) is 4.09. The fourth-order valence-corrected chi connectivity index (χ4v) is 1.99. The molecule has 0 amide bonds. The summed E-state index contributed by atoms with van der Waals surface area (Å²) in [4.78, 5) is 6.53. The van der Waals surface area contributed by atoms with E-state index in [2.05, 4.69) is 16.9 Å². The maximum Gasteiger partial charge on any atom is 0.205 e. The average Bonchev–Trinajstić information content (AvgIpc) is 2.90. The molecule has 14 heavy (non-hydrogen) atoms. The van der Waals surface area contributed by atoms with E-state index in [0.717, 1.165) is 11.9 Å². The van der Waals surface area contributed by atoms with Gasteiger partial charge in [0, 0.05) is 39.1 Å². The van der Waals surface area contributed by atoms with Gasteiger partial charge in [-0.1, -0.05) is 0 Å². The normalized spacial score (nSPS) is 18.2. The second-order valence-corrected chi connectivity index (χ2v) is 4.09. The predicted octanol–water partition coefficient (Wildman–Crippen LogP) is 0.594. The summed E-state index contributed by atoms with van der Waals surface area (Å²) < 4.78 is 2.03. The molecule has 0 bridgehead atoms. The molecule has 1 atom stereocenters. The molecule has 1 saturated carbocycles. The SMILES string of the molecule is CN(c1nccn1C)C(CN)C1CC1. The zero-order valence-electron chi connectivity index (χ0n) is 8.85. The summed E-state index contributed by atoms with van der Waals surface area (Å²) >= 11 is 0. The highest BCUT2D eigenvalue weighted by Crippen LogP contribution is 2.35. The Bertz CT molecular complexity index is 303. The van der Waals surface area contributed by atoms with Crippen molar-refractivity contribution in [3.05, 3.63) is 12.4 Å². The number of rotatable bonds is 4. The minimum atomic E-state index is 0.455. The van der Waals surface area contributed by atoms with Crippen LogP contribution in [0.2, 0.25) is 0 Å². The van der Waals surface area contributed by atoms with Gasteiger partial charge in [-0.25, -0.2) is 4.98 Å². The summed E-state index contributed by atoms with van der Waals surface area (Å²) in [6.45, 7) is 0.716. The van der Waals surface area contributed by atoms with Crippen molar-refractivity contribution in [3.8, 4) is 0 Å². The quantitative estimate of drug-likeness (QED) is 0.763. The van der Waals surface area contributed by atoms with Crippen molar-refractivity contribution in [2.75, 3.05) is 18.5 Å². The summed E-state index contributed by atoms with van der Waals surface area (Å²) in [6, 6.07) is 0.455. The van der Waals surface area contributed by atoms with Crippen molar-refractivity contribution in [2.45, 2.75) is 18.9 Å². The van der Waals surface area contributed by atoms with Gasteiger partial charge in [0.05, 0.1) is 0 Å². The van der Waals surface area contributed by atoms with Crippen LogP contribution in [0.3, 0.4) is 0 Å². The number of hydrogen-bond donors (Lipinski definition) is 1. The molecule has 0 aliphatic heterocycles. The molecule has 1 unspecified atom stereocenters. The van der Waals surface area contributed by atoms with E-state index in [9.17, 15) is 0 Å². The first kappa shape index (κ1) is 9.52. The number of aromatic nitrogens is 2. The van der Waals surface area contributed by atoms with Crippen LogP contribution in [-0.2, 0) is 7.05 Å². The highest BCUT2D eigenvalue weighted by atomic mass is 15.3. The van der Waals surface area contributed by atoms with Gasteiger partial charge in [0.2, 0.25) is 5.95 Å². The van der Waals surface area contributed by atoms with Crippen LogP contribution in [0.4, 0.5) is 5.95 Å². The van der Waals surface area contributed by atoms with Crippen molar-refractivity contribution in [3.63, 3.8) is 0 Å². The third-order valence-electron chi connectivity index (χ3n) is 3.02. The first-order valence-electron chi connectivity index (χ1n) is 5.14. The average molecular weight is 194 g/mol. The van der Waals surface area contributed by atoms with E-state index < -0.39 is 0 Å². The van der Waals surface area contributed by atoms with Gasteiger partial charge in [0.1, 0.15) is 0 Å². The molecule has 1 aliphatic carbocycles. The largest absolute Gasteiger partial charge is 0.341 e. The Hall–Kier alpha value is -1.03. The highest BCUT2D eigenvalue weighted by Gasteiger charge is 2.33. The van der Waals surface area contributed by atoms with E-state index in [-0.39, 0.29) is 0 Å².